The first-order valence-corrected chi connectivity index (χ1v) is 4.82. The molecule has 0 spiro atoms. The summed E-state index contributed by atoms with van der Waals surface area (Å²) in [6.07, 6.45) is 0.900. The topological polar surface area (TPSA) is 35.2 Å². The predicted octanol–water partition coefficient (Wildman–Crippen LogP) is 2.17. The van der Waals surface area contributed by atoms with E-state index in [-0.39, 0.29) is 18.0 Å². The SMILES string of the molecule is CC1Cc2cc(F)cc(C(C)N)c2O1. The van der Waals surface area contributed by atoms with Gasteiger partial charge in [0.2, 0.25) is 0 Å². The van der Waals surface area contributed by atoms with Crippen molar-refractivity contribution in [1.29, 1.82) is 0 Å². The minimum absolute atomic E-state index is 0.129. The molecule has 2 N–H and O–H groups in total. The van der Waals surface area contributed by atoms with E-state index in [1.807, 2.05) is 13.8 Å². The highest BCUT2D eigenvalue weighted by molar-refractivity contribution is 5.46. The molecular weight excluding hydrogens is 181 g/mol. The third kappa shape index (κ3) is 1.48. The zero-order valence-corrected chi connectivity index (χ0v) is 8.38. The highest BCUT2D eigenvalue weighted by Crippen LogP contribution is 2.35. The molecule has 2 unspecified atom stereocenters. The van der Waals surface area contributed by atoms with Crippen LogP contribution in [0.1, 0.15) is 31.0 Å². The quantitative estimate of drug-likeness (QED) is 0.745. The van der Waals surface area contributed by atoms with Gasteiger partial charge < -0.3 is 10.5 Å². The molecule has 0 saturated heterocycles. The highest BCUT2D eigenvalue weighted by Gasteiger charge is 2.24. The molecule has 3 heteroatoms. The Morgan fingerprint density at radius 3 is 2.93 bits per heavy atom. The molecular formula is C11H14FNO. The molecule has 0 bridgehead atoms. The van der Waals surface area contributed by atoms with E-state index in [9.17, 15) is 4.39 Å². The molecule has 1 aromatic rings. The summed E-state index contributed by atoms with van der Waals surface area (Å²) in [4.78, 5) is 0. The maximum atomic E-state index is 13.2. The molecule has 0 aromatic heterocycles. The average Bonchev–Trinajstić information content (AvgIpc) is 2.42. The Morgan fingerprint density at radius 2 is 2.29 bits per heavy atom. The van der Waals surface area contributed by atoms with Gasteiger partial charge in [-0.25, -0.2) is 4.39 Å². The second kappa shape index (κ2) is 3.24. The first-order valence-electron chi connectivity index (χ1n) is 4.82. The van der Waals surface area contributed by atoms with Crippen LogP contribution in [0, 0.1) is 5.82 Å². The van der Waals surface area contributed by atoms with Gasteiger partial charge in [-0.1, -0.05) is 0 Å². The normalized spacial score (nSPS) is 21.6. The number of rotatable bonds is 1. The summed E-state index contributed by atoms with van der Waals surface area (Å²) in [7, 11) is 0. The van der Waals surface area contributed by atoms with E-state index >= 15 is 0 Å². The lowest BCUT2D eigenvalue weighted by atomic mass is 10.0. The molecule has 14 heavy (non-hydrogen) atoms. The van der Waals surface area contributed by atoms with Crippen molar-refractivity contribution in [3.05, 3.63) is 29.1 Å². The van der Waals surface area contributed by atoms with Gasteiger partial charge in [-0.3, -0.25) is 0 Å². The summed E-state index contributed by atoms with van der Waals surface area (Å²) < 4.78 is 18.8. The average molecular weight is 195 g/mol. The number of ether oxygens (including phenoxy) is 1. The molecule has 0 fully saturated rings. The summed E-state index contributed by atoms with van der Waals surface area (Å²) >= 11 is 0. The Hall–Kier alpha value is -1.09. The maximum Gasteiger partial charge on any atom is 0.128 e. The fourth-order valence-electron chi connectivity index (χ4n) is 1.86. The lowest BCUT2D eigenvalue weighted by molar-refractivity contribution is 0.251. The summed E-state index contributed by atoms with van der Waals surface area (Å²) in [6.45, 7) is 3.81. The fourth-order valence-corrected chi connectivity index (χ4v) is 1.86. The van der Waals surface area contributed by atoms with Crippen molar-refractivity contribution in [3.8, 4) is 5.75 Å². The van der Waals surface area contributed by atoms with E-state index in [0.29, 0.717) is 0 Å². The largest absolute Gasteiger partial charge is 0.490 e. The van der Waals surface area contributed by atoms with E-state index in [2.05, 4.69) is 0 Å². The summed E-state index contributed by atoms with van der Waals surface area (Å²) in [5.74, 6) is 0.558. The van der Waals surface area contributed by atoms with Crippen molar-refractivity contribution in [1.82, 2.24) is 0 Å². The van der Waals surface area contributed by atoms with Crippen molar-refractivity contribution in [2.75, 3.05) is 0 Å². The number of halogens is 1. The molecule has 1 heterocycles. The van der Waals surface area contributed by atoms with Crippen LogP contribution in [0.25, 0.3) is 0 Å². The molecule has 76 valence electrons. The molecule has 1 aliphatic rings. The van der Waals surface area contributed by atoms with Gasteiger partial charge in [0.1, 0.15) is 17.7 Å². The molecule has 2 atom stereocenters. The van der Waals surface area contributed by atoms with Crippen LogP contribution in [0.4, 0.5) is 4.39 Å². The van der Waals surface area contributed by atoms with Crippen molar-refractivity contribution in [2.24, 2.45) is 5.73 Å². The number of nitrogens with two attached hydrogens (primary N) is 1. The van der Waals surface area contributed by atoms with Crippen LogP contribution >= 0.6 is 0 Å². The van der Waals surface area contributed by atoms with E-state index in [1.54, 1.807) is 0 Å². The standard InChI is InChI=1S/C11H14FNO/c1-6-3-8-4-9(12)5-10(7(2)13)11(8)14-6/h4-7H,3,13H2,1-2H3. The summed E-state index contributed by atoms with van der Waals surface area (Å²) in [5.41, 5.74) is 7.46. The Kier molecular flexibility index (Phi) is 2.19. The molecule has 0 amide bonds. The van der Waals surface area contributed by atoms with Crippen molar-refractivity contribution in [2.45, 2.75) is 32.4 Å². The van der Waals surface area contributed by atoms with Gasteiger partial charge in [0.15, 0.2) is 0 Å². The number of hydrogen-bond donors (Lipinski definition) is 1. The zero-order chi connectivity index (χ0) is 10.3. The molecule has 0 aliphatic carbocycles. The molecule has 1 aromatic carbocycles. The minimum Gasteiger partial charge on any atom is -0.490 e. The first-order chi connectivity index (χ1) is 6.58. The van der Waals surface area contributed by atoms with E-state index in [4.69, 9.17) is 10.5 Å². The maximum absolute atomic E-state index is 13.2. The van der Waals surface area contributed by atoms with Crippen molar-refractivity contribution >= 4 is 0 Å². The summed E-state index contributed by atoms with van der Waals surface area (Å²) in [6, 6.07) is 2.80. The Bertz CT molecular complexity index is 363. The molecule has 0 radical (unpaired) electrons. The van der Waals surface area contributed by atoms with Crippen LogP contribution in [0.5, 0.6) is 5.75 Å². The van der Waals surface area contributed by atoms with Gasteiger partial charge in [0.05, 0.1) is 0 Å². The van der Waals surface area contributed by atoms with Crippen molar-refractivity contribution < 1.29 is 9.13 Å². The van der Waals surface area contributed by atoms with Gasteiger partial charge in [-0.05, 0) is 26.0 Å². The van der Waals surface area contributed by atoms with E-state index in [0.717, 1.165) is 23.3 Å². The Labute approximate surface area is 82.9 Å². The second-order valence-electron chi connectivity index (χ2n) is 3.90. The number of fused-ring (bicyclic) bond motifs is 1. The Morgan fingerprint density at radius 1 is 1.57 bits per heavy atom. The van der Waals surface area contributed by atoms with Gasteiger partial charge in [-0.2, -0.15) is 0 Å². The summed E-state index contributed by atoms with van der Waals surface area (Å²) in [5, 5.41) is 0. The zero-order valence-electron chi connectivity index (χ0n) is 8.38. The second-order valence-corrected chi connectivity index (χ2v) is 3.90. The van der Waals surface area contributed by atoms with Crippen molar-refractivity contribution in [3.63, 3.8) is 0 Å². The van der Waals surface area contributed by atoms with E-state index in [1.165, 1.54) is 12.1 Å². The molecule has 2 rings (SSSR count). The van der Waals surface area contributed by atoms with Gasteiger partial charge in [0.25, 0.3) is 0 Å². The third-order valence-electron chi connectivity index (χ3n) is 2.48. The smallest absolute Gasteiger partial charge is 0.128 e. The van der Waals surface area contributed by atoms with Crippen LogP contribution in [-0.2, 0) is 6.42 Å². The van der Waals surface area contributed by atoms with Gasteiger partial charge in [-0.15, -0.1) is 0 Å². The molecule has 1 aliphatic heterocycles. The van der Waals surface area contributed by atoms with Gasteiger partial charge in [0, 0.05) is 23.6 Å². The molecule has 2 nitrogen and oxygen atoms in total. The number of hydrogen-bond acceptors (Lipinski definition) is 2. The third-order valence-corrected chi connectivity index (χ3v) is 2.48. The van der Waals surface area contributed by atoms with Gasteiger partial charge >= 0.3 is 0 Å². The molecule has 0 saturated carbocycles. The van der Waals surface area contributed by atoms with Crippen LogP contribution in [-0.4, -0.2) is 6.10 Å². The predicted molar refractivity (Wildman–Crippen MR) is 52.8 cm³/mol. The van der Waals surface area contributed by atoms with Crippen LogP contribution in [0.15, 0.2) is 12.1 Å². The number of benzene rings is 1. The van der Waals surface area contributed by atoms with Crippen LogP contribution in [0.2, 0.25) is 0 Å². The highest BCUT2D eigenvalue weighted by atomic mass is 19.1. The van der Waals surface area contributed by atoms with Crippen LogP contribution < -0.4 is 10.5 Å². The minimum atomic E-state index is -0.228. The Balaban J connectivity index is 2.52. The fraction of sp³-hybridized carbons (Fsp3) is 0.455. The monoisotopic (exact) mass is 195 g/mol. The lowest BCUT2D eigenvalue weighted by Crippen LogP contribution is -2.09. The first kappa shape index (κ1) is 9.46. The van der Waals surface area contributed by atoms with Crippen LogP contribution in [0.3, 0.4) is 0 Å². The van der Waals surface area contributed by atoms with E-state index < -0.39 is 0 Å². The lowest BCUT2D eigenvalue weighted by Gasteiger charge is -2.12.